The zero-order valence-corrected chi connectivity index (χ0v) is 13.1. The lowest BCUT2D eigenvalue weighted by Gasteiger charge is -2.27. The first-order valence-corrected chi connectivity index (χ1v) is 7.78. The molecular weight excluding hydrogens is 248 g/mol. The van der Waals surface area contributed by atoms with Crippen molar-refractivity contribution >= 4 is 11.4 Å². The second-order valence-corrected chi connectivity index (χ2v) is 6.37. The van der Waals surface area contributed by atoms with Crippen molar-refractivity contribution in [3.05, 3.63) is 23.8 Å². The maximum Gasteiger partial charge on any atom is 0.0501 e. The van der Waals surface area contributed by atoms with Crippen LogP contribution in [0.3, 0.4) is 0 Å². The van der Waals surface area contributed by atoms with Crippen molar-refractivity contribution in [3.8, 4) is 0 Å². The van der Waals surface area contributed by atoms with Crippen molar-refractivity contribution in [2.24, 2.45) is 5.41 Å². The van der Waals surface area contributed by atoms with Gasteiger partial charge < -0.3 is 15.3 Å². The molecule has 3 heteroatoms. The van der Waals surface area contributed by atoms with E-state index in [4.69, 9.17) is 0 Å². The van der Waals surface area contributed by atoms with Crippen molar-refractivity contribution in [1.29, 1.82) is 0 Å². The molecule has 1 heterocycles. The fourth-order valence-electron chi connectivity index (χ4n) is 2.62. The van der Waals surface area contributed by atoms with Crippen molar-refractivity contribution < 1.29 is 5.11 Å². The Bertz CT molecular complexity index is 435. The minimum Gasteiger partial charge on any atom is -0.396 e. The minimum atomic E-state index is -0.0416. The first-order chi connectivity index (χ1) is 9.58. The highest BCUT2D eigenvalue weighted by atomic mass is 16.3. The fourth-order valence-corrected chi connectivity index (χ4v) is 2.62. The Kier molecular flexibility index (Phi) is 4.92. The number of rotatable bonds is 6. The molecule has 3 nitrogen and oxygen atoms in total. The summed E-state index contributed by atoms with van der Waals surface area (Å²) in [4.78, 5) is 2.46. The van der Waals surface area contributed by atoms with Crippen LogP contribution in [0.2, 0.25) is 0 Å². The van der Waals surface area contributed by atoms with Gasteiger partial charge in [-0.2, -0.15) is 0 Å². The highest BCUT2D eigenvalue weighted by molar-refractivity contribution is 5.60. The topological polar surface area (TPSA) is 35.5 Å². The molecule has 0 aliphatic carbocycles. The Labute approximate surface area is 123 Å². The maximum absolute atomic E-state index is 9.47. The molecule has 0 radical (unpaired) electrons. The molecule has 0 amide bonds. The van der Waals surface area contributed by atoms with Gasteiger partial charge in [-0.25, -0.2) is 0 Å². The van der Waals surface area contributed by atoms with Gasteiger partial charge in [0.2, 0.25) is 0 Å². The monoisotopic (exact) mass is 276 g/mol. The molecule has 112 valence electrons. The van der Waals surface area contributed by atoms with E-state index in [0.717, 1.165) is 13.0 Å². The summed E-state index contributed by atoms with van der Waals surface area (Å²) in [6, 6.07) is 6.66. The number of benzene rings is 1. The summed E-state index contributed by atoms with van der Waals surface area (Å²) < 4.78 is 0. The quantitative estimate of drug-likeness (QED) is 0.835. The third kappa shape index (κ3) is 3.45. The Hall–Kier alpha value is -1.22. The number of hydrogen-bond donors (Lipinski definition) is 2. The lowest BCUT2D eigenvalue weighted by molar-refractivity contribution is 0.149. The number of aryl methyl sites for hydroxylation is 1. The van der Waals surface area contributed by atoms with Gasteiger partial charge in [0, 0.05) is 36.4 Å². The molecule has 20 heavy (non-hydrogen) atoms. The molecule has 1 aromatic carbocycles. The number of hydrogen-bond acceptors (Lipinski definition) is 3. The van der Waals surface area contributed by atoms with Crippen LogP contribution in [0.4, 0.5) is 11.4 Å². The van der Waals surface area contributed by atoms with Crippen LogP contribution in [0, 0.1) is 12.3 Å². The van der Waals surface area contributed by atoms with Gasteiger partial charge in [-0.3, -0.25) is 0 Å². The average molecular weight is 276 g/mol. The van der Waals surface area contributed by atoms with E-state index in [1.54, 1.807) is 0 Å². The van der Waals surface area contributed by atoms with E-state index in [-0.39, 0.29) is 12.0 Å². The Morgan fingerprint density at radius 2 is 2.00 bits per heavy atom. The first kappa shape index (κ1) is 15.2. The number of nitrogens with zero attached hydrogens (tertiary/aromatic N) is 1. The van der Waals surface area contributed by atoms with Crippen LogP contribution < -0.4 is 10.2 Å². The highest BCUT2D eigenvalue weighted by Gasteiger charge is 2.21. The van der Waals surface area contributed by atoms with Crippen molar-refractivity contribution in [1.82, 2.24) is 0 Å². The lowest BCUT2D eigenvalue weighted by Crippen LogP contribution is -2.29. The Morgan fingerprint density at radius 3 is 2.55 bits per heavy atom. The normalized spacial score (nSPS) is 18.1. The molecule has 0 spiro atoms. The van der Waals surface area contributed by atoms with E-state index in [9.17, 15) is 5.11 Å². The van der Waals surface area contributed by atoms with Gasteiger partial charge in [-0.15, -0.1) is 0 Å². The number of aliphatic hydroxyl groups is 1. The average Bonchev–Trinajstić information content (AvgIpc) is 3.00. The molecule has 1 fully saturated rings. The largest absolute Gasteiger partial charge is 0.396 e. The number of nitrogens with one attached hydrogen (secondary N) is 1. The molecule has 1 saturated heterocycles. The van der Waals surface area contributed by atoms with E-state index in [1.165, 1.54) is 42.9 Å². The molecule has 1 atom stereocenters. The van der Waals surface area contributed by atoms with Gasteiger partial charge in [0.05, 0.1) is 6.61 Å². The van der Waals surface area contributed by atoms with Crippen molar-refractivity contribution in [2.45, 2.75) is 40.0 Å². The smallest absolute Gasteiger partial charge is 0.0501 e. The van der Waals surface area contributed by atoms with E-state index >= 15 is 0 Å². The third-order valence-corrected chi connectivity index (χ3v) is 4.62. The first-order valence-electron chi connectivity index (χ1n) is 7.78. The van der Waals surface area contributed by atoms with E-state index in [2.05, 4.69) is 49.2 Å². The summed E-state index contributed by atoms with van der Waals surface area (Å²) in [5.41, 5.74) is 3.76. The van der Waals surface area contributed by atoms with Crippen LogP contribution in [-0.2, 0) is 0 Å². The van der Waals surface area contributed by atoms with Crippen LogP contribution >= 0.6 is 0 Å². The summed E-state index contributed by atoms with van der Waals surface area (Å²) in [6.45, 7) is 9.81. The summed E-state index contributed by atoms with van der Waals surface area (Å²) in [5, 5.41) is 13.0. The predicted octanol–water partition coefficient (Wildman–Crippen LogP) is 3.42. The number of aliphatic hydroxyl groups excluding tert-OH is 1. The minimum absolute atomic E-state index is 0.0416. The van der Waals surface area contributed by atoms with E-state index in [1.807, 2.05) is 0 Å². The summed E-state index contributed by atoms with van der Waals surface area (Å²) >= 11 is 0. The zero-order chi connectivity index (χ0) is 14.6. The van der Waals surface area contributed by atoms with Gasteiger partial charge in [0.1, 0.15) is 0 Å². The Morgan fingerprint density at radius 1 is 1.30 bits per heavy atom. The lowest BCUT2D eigenvalue weighted by atomic mass is 9.88. The van der Waals surface area contributed by atoms with Gasteiger partial charge >= 0.3 is 0 Å². The van der Waals surface area contributed by atoms with Crippen molar-refractivity contribution in [2.75, 3.05) is 36.5 Å². The van der Waals surface area contributed by atoms with E-state index in [0.29, 0.717) is 0 Å². The highest BCUT2D eigenvalue weighted by Crippen LogP contribution is 2.27. The van der Waals surface area contributed by atoms with Gasteiger partial charge in [0.15, 0.2) is 0 Å². The van der Waals surface area contributed by atoms with Crippen LogP contribution in [-0.4, -0.2) is 31.3 Å². The molecule has 2 N–H and O–H groups in total. The van der Waals surface area contributed by atoms with Crippen molar-refractivity contribution in [3.63, 3.8) is 0 Å². The van der Waals surface area contributed by atoms with Gasteiger partial charge in [-0.05, 0) is 49.9 Å². The molecule has 1 aliphatic heterocycles. The van der Waals surface area contributed by atoms with E-state index < -0.39 is 0 Å². The van der Waals surface area contributed by atoms with Crippen LogP contribution in [0.25, 0.3) is 0 Å². The number of anilines is 2. The SMILES string of the molecule is CCC(C)(CO)CNc1ccc(N2CCCC2)cc1C. The fraction of sp³-hybridized carbons (Fsp3) is 0.647. The predicted molar refractivity (Wildman–Crippen MR) is 86.6 cm³/mol. The summed E-state index contributed by atoms with van der Waals surface area (Å²) in [5.74, 6) is 0. The molecule has 0 saturated carbocycles. The molecular formula is C17H28N2O. The molecule has 1 aromatic rings. The third-order valence-electron chi connectivity index (χ3n) is 4.62. The van der Waals surface area contributed by atoms with Crippen LogP contribution in [0.5, 0.6) is 0 Å². The van der Waals surface area contributed by atoms with Crippen LogP contribution in [0.15, 0.2) is 18.2 Å². The second kappa shape index (κ2) is 6.49. The van der Waals surface area contributed by atoms with Gasteiger partial charge in [-0.1, -0.05) is 13.8 Å². The van der Waals surface area contributed by atoms with Crippen LogP contribution in [0.1, 0.15) is 38.7 Å². The summed E-state index contributed by atoms with van der Waals surface area (Å²) in [7, 11) is 0. The second-order valence-electron chi connectivity index (χ2n) is 6.37. The summed E-state index contributed by atoms with van der Waals surface area (Å²) in [6.07, 6.45) is 3.59. The molecule has 1 aliphatic rings. The standard InChI is InChI=1S/C17H28N2O/c1-4-17(3,13-20)12-18-16-8-7-15(11-14(16)2)19-9-5-6-10-19/h7-8,11,18,20H,4-6,9-10,12-13H2,1-3H3. The molecule has 0 bridgehead atoms. The molecule has 2 rings (SSSR count). The molecule has 0 aromatic heterocycles. The molecule has 1 unspecified atom stereocenters. The van der Waals surface area contributed by atoms with Gasteiger partial charge in [0.25, 0.3) is 0 Å². The maximum atomic E-state index is 9.47. The zero-order valence-electron chi connectivity index (χ0n) is 13.1. The Balaban J connectivity index is 2.02.